The maximum Gasteiger partial charge on any atom is 0.127 e. The fourth-order valence-electron chi connectivity index (χ4n) is 2.25. The van der Waals surface area contributed by atoms with Crippen LogP contribution in [0.15, 0.2) is 6.20 Å². The molecule has 1 aromatic heterocycles. The molecule has 11 heavy (non-hydrogen) atoms. The Labute approximate surface area is 65.4 Å². The van der Waals surface area contributed by atoms with Gasteiger partial charge in [-0.25, -0.2) is 0 Å². The number of nitrogens with zero attached hydrogens (tertiary/aromatic N) is 2. The molecule has 1 aromatic rings. The Kier molecular flexibility index (Phi) is 0.913. The van der Waals surface area contributed by atoms with Crippen molar-refractivity contribution in [1.29, 1.82) is 0 Å². The number of piperidine rings is 1. The van der Waals surface area contributed by atoms with Gasteiger partial charge in [0, 0.05) is 18.7 Å². The van der Waals surface area contributed by atoms with Gasteiger partial charge in [-0.1, -0.05) is 0 Å². The first-order valence-corrected chi connectivity index (χ1v) is 4.23. The number of anilines is 1. The van der Waals surface area contributed by atoms with Gasteiger partial charge in [-0.3, -0.25) is 5.10 Å². The van der Waals surface area contributed by atoms with Gasteiger partial charge in [-0.2, -0.15) is 5.10 Å². The zero-order valence-electron chi connectivity index (χ0n) is 6.38. The molecule has 0 unspecified atom stereocenters. The van der Waals surface area contributed by atoms with Crippen molar-refractivity contribution in [3.8, 4) is 0 Å². The lowest BCUT2D eigenvalue weighted by molar-refractivity contribution is 0.473. The smallest absolute Gasteiger partial charge is 0.127 e. The molecule has 3 heteroatoms. The highest BCUT2D eigenvalue weighted by Gasteiger charge is 2.31. The van der Waals surface area contributed by atoms with Crippen LogP contribution in [0.5, 0.6) is 0 Å². The van der Waals surface area contributed by atoms with Gasteiger partial charge in [-0.15, -0.1) is 0 Å². The van der Waals surface area contributed by atoms with Crippen LogP contribution in [0.1, 0.15) is 24.3 Å². The SMILES string of the molecule is c1n[nH]c2c1C1CCN2CC1. The fourth-order valence-corrected chi connectivity index (χ4v) is 2.25. The first-order valence-electron chi connectivity index (χ1n) is 4.23. The van der Waals surface area contributed by atoms with Crippen molar-refractivity contribution >= 4 is 5.82 Å². The first-order chi connectivity index (χ1) is 5.45. The van der Waals surface area contributed by atoms with E-state index in [1.807, 2.05) is 6.20 Å². The Balaban J connectivity index is 2.19. The van der Waals surface area contributed by atoms with Gasteiger partial charge >= 0.3 is 0 Å². The summed E-state index contributed by atoms with van der Waals surface area (Å²) in [5.74, 6) is 2.08. The van der Waals surface area contributed by atoms with E-state index < -0.39 is 0 Å². The number of H-pyrrole nitrogens is 1. The number of nitrogens with one attached hydrogen (secondary N) is 1. The number of hydrogen-bond donors (Lipinski definition) is 1. The van der Waals surface area contributed by atoms with Crippen LogP contribution in [0.25, 0.3) is 0 Å². The van der Waals surface area contributed by atoms with Crippen molar-refractivity contribution in [2.45, 2.75) is 18.8 Å². The lowest BCUT2D eigenvalue weighted by Crippen LogP contribution is -2.38. The maximum atomic E-state index is 4.08. The van der Waals surface area contributed by atoms with Crippen LogP contribution in [0.2, 0.25) is 0 Å². The standard InChI is InChI=1S/C8H11N3/c1-3-11-4-2-6(1)7-5-9-10-8(7)11/h5-6H,1-4H2,(H,9,10). The summed E-state index contributed by atoms with van der Waals surface area (Å²) < 4.78 is 0. The van der Waals surface area contributed by atoms with Crippen molar-refractivity contribution in [1.82, 2.24) is 10.2 Å². The summed E-state index contributed by atoms with van der Waals surface area (Å²) in [6, 6.07) is 0. The minimum atomic E-state index is 0.800. The van der Waals surface area contributed by atoms with Gasteiger partial charge in [0.1, 0.15) is 5.82 Å². The normalized spacial score (nSPS) is 22.4. The minimum absolute atomic E-state index is 0.800. The second kappa shape index (κ2) is 1.78. The van der Waals surface area contributed by atoms with Crippen molar-refractivity contribution in [2.24, 2.45) is 0 Å². The summed E-state index contributed by atoms with van der Waals surface area (Å²) in [4.78, 5) is 2.41. The molecule has 2 bridgehead atoms. The molecule has 3 nitrogen and oxygen atoms in total. The molecular weight excluding hydrogens is 138 g/mol. The number of aromatic nitrogens is 2. The Morgan fingerprint density at radius 1 is 1.45 bits per heavy atom. The van der Waals surface area contributed by atoms with E-state index in [9.17, 15) is 0 Å². The molecule has 0 atom stereocenters. The van der Waals surface area contributed by atoms with Gasteiger partial charge in [0.2, 0.25) is 0 Å². The van der Waals surface area contributed by atoms with Crippen LogP contribution < -0.4 is 4.90 Å². The first kappa shape index (κ1) is 5.63. The number of aromatic amines is 1. The molecule has 3 aliphatic heterocycles. The summed E-state index contributed by atoms with van der Waals surface area (Å²) in [7, 11) is 0. The van der Waals surface area contributed by atoms with Crippen molar-refractivity contribution in [3.63, 3.8) is 0 Å². The molecule has 0 aliphatic carbocycles. The summed E-state index contributed by atoms with van der Waals surface area (Å²) >= 11 is 0. The van der Waals surface area contributed by atoms with Crippen LogP contribution in [0.3, 0.4) is 0 Å². The van der Waals surface area contributed by atoms with Crippen LogP contribution in [0.4, 0.5) is 5.82 Å². The van der Waals surface area contributed by atoms with E-state index in [0.29, 0.717) is 0 Å². The molecule has 1 saturated heterocycles. The Morgan fingerprint density at radius 3 is 3.00 bits per heavy atom. The summed E-state index contributed by atoms with van der Waals surface area (Å²) in [6.45, 7) is 2.44. The van der Waals surface area contributed by atoms with Gasteiger partial charge in [0.05, 0.1) is 6.20 Å². The summed E-state index contributed by atoms with van der Waals surface area (Å²) in [5, 5.41) is 7.14. The van der Waals surface area contributed by atoms with E-state index in [2.05, 4.69) is 15.1 Å². The largest absolute Gasteiger partial charge is 0.357 e. The third-order valence-corrected chi connectivity index (χ3v) is 2.90. The van der Waals surface area contributed by atoms with Crippen LogP contribution in [-0.2, 0) is 0 Å². The highest BCUT2D eigenvalue weighted by molar-refractivity contribution is 5.52. The molecule has 0 aromatic carbocycles. The van der Waals surface area contributed by atoms with Gasteiger partial charge in [-0.05, 0) is 18.8 Å². The fraction of sp³-hybridized carbons (Fsp3) is 0.625. The predicted molar refractivity (Wildman–Crippen MR) is 42.8 cm³/mol. The second-order valence-corrected chi connectivity index (χ2v) is 3.44. The van der Waals surface area contributed by atoms with E-state index in [0.717, 1.165) is 5.92 Å². The zero-order chi connectivity index (χ0) is 7.26. The second-order valence-electron chi connectivity index (χ2n) is 3.44. The quantitative estimate of drug-likeness (QED) is 0.599. The zero-order valence-corrected chi connectivity index (χ0v) is 6.38. The summed E-state index contributed by atoms with van der Waals surface area (Å²) in [6.07, 6.45) is 4.64. The average molecular weight is 149 g/mol. The van der Waals surface area contributed by atoms with Gasteiger partial charge in [0.15, 0.2) is 0 Å². The molecule has 58 valence electrons. The molecule has 4 rings (SSSR count). The van der Waals surface area contributed by atoms with E-state index in [4.69, 9.17) is 0 Å². The van der Waals surface area contributed by atoms with E-state index in [1.54, 1.807) is 0 Å². The molecule has 0 amide bonds. The van der Waals surface area contributed by atoms with Crippen molar-refractivity contribution < 1.29 is 0 Å². The molecule has 0 saturated carbocycles. The van der Waals surface area contributed by atoms with E-state index >= 15 is 0 Å². The van der Waals surface area contributed by atoms with Gasteiger partial charge in [0.25, 0.3) is 0 Å². The maximum absolute atomic E-state index is 4.08. The van der Waals surface area contributed by atoms with E-state index in [1.165, 1.54) is 37.3 Å². The molecule has 0 spiro atoms. The highest BCUT2D eigenvalue weighted by atomic mass is 15.3. The molecule has 0 radical (unpaired) electrons. The van der Waals surface area contributed by atoms with Gasteiger partial charge < -0.3 is 4.90 Å². The Hall–Kier alpha value is -0.990. The number of hydrogen-bond acceptors (Lipinski definition) is 2. The van der Waals surface area contributed by atoms with Crippen LogP contribution >= 0.6 is 0 Å². The molecule has 1 N–H and O–H groups in total. The van der Waals surface area contributed by atoms with Crippen molar-refractivity contribution in [3.05, 3.63) is 11.8 Å². The molecule has 1 fully saturated rings. The van der Waals surface area contributed by atoms with Crippen LogP contribution in [-0.4, -0.2) is 23.3 Å². The van der Waals surface area contributed by atoms with Crippen LogP contribution in [0, 0.1) is 0 Å². The predicted octanol–water partition coefficient (Wildman–Crippen LogP) is 1.11. The summed E-state index contributed by atoms with van der Waals surface area (Å²) in [5.41, 5.74) is 1.45. The average Bonchev–Trinajstić information content (AvgIpc) is 2.55. The number of fused-ring (bicyclic) bond motifs is 2. The highest BCUT2D eigenvalue weighted by Crippen LogP contribution is 2.40. The monoisotopic (exact) mass is 149 g/mol. The molecule has 4 heterocycles. The lowest BCUT2D eigenvalue weighted by Gasteiger charge is -2.39. The molecular formula is C8H11N3. The molecule has 3 aliphatic rings. The third kappa shape index (κ3) is 0.607. The Bertz CT molecular complexity index is 244. The third-order valence-electron chi connectivity index (χ3n) is 2.90. The number of rotatable bonds is 0. The minimum Gasteiger partial charge on any atom is -0.357 e. The van der Waals surface area contributed by atoms with Crippen molar-refractivity contribution in [2.75, 3.05) is 18.0 Å². The lowest BCUT2D eigenvalue weighted by atomic mass is 9.86. The topological polar surface area (TPSA) is 31.9 Å². The van der Waals surface area contributed by atoms with E-state index in [-0.39, 0.29) is 0 Å². The Morgan fingerprint density at radius 2 is 2.27 bits per heavy atom.